The Balaban J connectivity index is 2.46. The van der Waals surface area contributed by atoms with Gasteiger partial charge >= 0.3 is 0 Å². The molecule has 0 bridgehead atoms. The van der Waals surface area contributed by atoms with Gasteiger partial charge in [-0.1, -0.05) is 41.4 Å². The Morgan fingerprint density at radius 1 is 1.22 bits per heavy atom. The first-order valence-electron chi connectivity index (χ1n) is 6.00. The van der Waals surface area contributed by atoms with Gasteiger partial charge in [0.1, 0.15) is 5.82 Å². The van der Waals surface area contributed by atoms with E-state index in [2.05, 4.69) is 39.7 Å². The number of rotatable bonds is 3. The summed E-state index contributed by atoms with van der Waals surface area (Å²) in [5.41, 5.74) is 9.00. The molecule has 0 radical (unpaired) electrons. The molecule has 1 heterocycles. The number of nitrogens with zero attached hydrogens (tertiary/aromatic N) is 2. The van der Waals surface area contributed by atoms with Crippen LogP contribution >= 0.6 is 15.9 Å². The van der Waals surface area contributed by atoms with Crippen molar-refractivity contribution in [3.63, 3.8) is 0 Å². The summed E-state index contributed by atoms with van der Waals surface area (Å²) in [5.74, 6) is 1.22. The van der Waals surface area contributed by atoms with Crippen molar-refractivity contribution >= 4 is 21.7 Å². The van der Waals surface area contributed by atoms with Gasteiger partial charge in [-0.3, -0.25) is 0 Å². The third-order valence-corrected chi connectivity index (χ3v) is 3.59. The highest BCUT2D eigenvalue weighted by Crippen LogP contribution is 2.24. The number of nitrogens with two attached hydrogens (primary N) is 1. The van der Waals surface area contributed by atoms with Gasteiger partial charge in [0, 0.05) is 21.8 Å². The first kappa shape index (κ1) is 13.0. The van der Waals surface area contributed by atoms with Crippen molar-refractivity contribution in [2.45, 2.75) is 26.7 Å². The lowest BCUT2D eigenvalue weighted by Gasteiger charge is -2.06. The van der Waals surface area contributed by atoms with Crippen molar-refractivity contribution in [1.82, 2.24) is 9.97 Å². The Morgan fingerprint density at radius 3 is 2.67 bits per heavy atom. The zero-order chi connectivity index (χ0) is 13.1. The fourth-order valence-corrected chi connectivity index (χ4v) is 2.14. The van der Waals surface area contributed by atoms with Crippen molar-refractivity contribution in [2.75, 3.05) is 5.73 Å². The maximum absolute atomic E-state index is 5.83. The lowest BCUT2D eigenvalue weighted by atomic mass is 10.1. The maximum atomic E-state index is 5.83. The first-order valence-corrected chi connectivity index (χ1v) is 6.79. The van der Waals surface area contributed by atoms with Crippen LogP contribution in [0, 0.1) is 6.92 Å². The Kier molecular flexibility index (Phi) is 3.97. The van der Waals surface area contributed by atoms with E-state index in [1.54, 1.807) is 0 Å². The number of hydrogen-bond donors (Lipinski definition) is 1. The molecule has 0 aliphatic heterocycles. The van der Waals surface area contributed by atoms with Crippen LogP contribution < -0.4 is 5.73 Å². The van der Waals surface area contributed by atoms with Gasteiger partial charge in [0.05, 0.1) is 0 Å². The molecule has 1 aromatic carbocycles. The van der Waals surface area contributed by atoms with Crippen molar-refractivity contribution in [3.8, 4) is 11.4 Å². The molecule has 0 atom stereocenters. The van der Waals surface area contributed by atoms with E-state index in [0.717, 1.165) is 28.6 Å². The number of aryl methyl sites for hydroxylation is 2. The summed E-state index contributed by atoms with van der Waals surface area (Å²) in [7, 11) is 0. The van der Waals surface area contributed by atoms with Crippen LogP contribution in [0.1, 0.15) is 24.6 Å². The maximum Gasteiger partial charge on any atom is 0.161 e. The molecule has 0 amide bonds. The normalized spacial score (nSPS) is 10.6. The molecule has 3 nitrogen and oxygen atoms in total. The van der Waals surface area contributed by atoms with Crippen LogP contribution in [-0.2, 0) is 6.42 Å². The third-order valence-electron chi connectivity index (χ3n) is 2.74. The van der Waals surface area contributed by atoms with Gasteiger partial charge in [-0.2, -0.15) is 0 Å². The number of halogens is 1. The number of anilines is 1. The van der Waals surface area contributed by atoms with Crippen LogP contribution in [0.4, 0.5) is 5.82 Å². The highest BCUT2D eigenvalue weighted by Gasteiger charge is 2.06. The average molecular weight is 306 g/mol. The standard InChI is InChI=1S/C14H16BrN3/c1-3-4-11-8-13(16)18-14(17-11)10-6-5-9(2)12(15)7-10/h5-8H,3-4H2,1-2H3,(H2,16,17,18). The smallest absolute Gasteiger partial charge is 0.161 e. The molecule has 0 aliphatic carbocycles. The fourth-order valence-electron chi connectivity index (χ4n) is 1.76. The molecule has 0 aliphatic rings. The van der Waals surface area contributed by atoms with Gasteiger partial charge in [-0.05, 0) is 25.0 Å². The summed E-state index contributed by atoms with van der Waals surface area (Å²) in [6.07, 6.45) is 1.97. The molecule has 4 heteroatoms. The van der Waals surface area contributed by atoms with Gasteiger partial charge < -0.3 is 5.73 Å². The second-order valence-corrected chi connectivity index (χ2v) is 5.18. The molecule has 2 aromatic rings. The topological polar surface area (TPSA) is 51.8 Å². The van der Waals surface area contributed by atoms with Crippen LogP contribution in [0.25, 0.3) is 11.4 Å². The third kappa shape index (κ3) is 2.88. The largest absolute Gasteiger partial charge is 0.384 e. The van der Waals surface area contributed by atoms with Crippen molar-refractivity contribution in [3.05, 3.63) is 40.0 Å². The minimum atomic E-state index is 0.528. The average Bonchev–Trinajstić information content (AvgIpc) is 2.32. The van der Waals surface area contributed by atoms with E-state index < -0.39 is 0 Å². The molecular weight excluding hydrogens is 290 g/mol. The van der Waals surface area contributed by atoms with Crippen LogP contribution in [0.5, 0.6) is 0 Å². The van der Waals surface area contributed by atoms with Crippen LogP contribution in [0.3, 0.4) is 0 Å². The SMILES string of the molecule is CCCc1cc(N)nc(-c2ccc(C)c(Br)c2)n1. The molecule has 1 aromatic heterocycles. The van der Waals surface area contributed by atoms with Crippen molar-refractivity contribution in [1.29, 1.82) is 0 Å². The number of hydrogen-bond acceptors (Lipinski definition) is 3. The highest BCUT2D eigenvalue weighted by atomic mass is 79.9. The van der Waals surface area contributed by atoms with Gasteiger partial charge in [0.25, 0.3) is 0 Å². The van der Waals surface area contributed by atoms with E-state index in [0.29, 0.717) is 11.6 Å². The molecule has 2 N–H and O–H groups in total. The summed E-state index contributed by atoms with van der Waals surface area (Å²) in [5, 5.41) is 0. The van der Waals surface area contributed by atoms with Gasteiger partial charge in [-0.25, -0.2) is 9.97 Å². The molecule has 94 valence electrons. The summed E-state index contributed by atoms with van der Waals surface area (Å²) in [6, 6.07) is 7.94. The Morgan fingerprint density at radius 2 is 2.00 bits per heavy atom. The van der Waals surface area contributed by atoms with E-state index >= 15 is 0 Å². The summed E-state index contributed by atoms with van der Waals surface area (Å²) < 4.78 is 1.06. The quantitative estimate of drug-likeness (QED) is 0.939. The lowest BCUT2D eigenvalue weighted by Crippen LogP contribution is -2.00. The predicted octanol–water partition coefficient (Wildman–Crippen LogP) is 3.75. The van der Waals surface area contributed by atoms with Gasteiger partial charge in [0.2, 0.25) is 0 Å². The monoisotopic (exact) mass is 305 g/mol. The predicted molar refractivity (Wildman–Crippen MR) is 78.3 cm³/mol. The molecular formula is C14H16BrN3. The first-order chi connectivity index (χ1) is 8.60. The van der Waals surface area contributed by atoms with E-state index in [1.807, 2.05) is 24.3 Å². The van der Waals surface area contributed by atoms with E-state index in [9.17, 15) is 0 Å². The Labute approximate surface area is 116 Å². The molecule has 0 fully saturated rings. The van der Waals surface area contributed by atoms with Gasteiger partial charge in [-0.15, -0.1) is 0 Å². The van der Waals surface area contributed by atoms with E-state index in [-0.39, 0.29) is 0 Å². The molecule has 0 saturated heterocycles. The number of aromatic nitrogens is 2. The highest BCUT2D eigenvalue weighted by molar-refractivity contribution is 9.10. The van der Waals surface area contributed by atoms with Crippen LogP contribution in [0.2, 0.25) is 0 Å². The van der Waals surface area contributed by atoms with Gasteiger partial charge in [0.15, 0.2) is 5.82 Å². The minimum Gasteiger partial charge on any atom is -0.384 e. The lowest BCUT2D eigenvalue weighted by molar-refractivity contribution is 0.877. The zero-order valence-corrected chi connectivity index (χ0v) is 12.2. The second kappa shape index (κ2) is 5.48. The molecule has 2 rings (SSSR count). The molecule has 0 saturated carbocycles. The van der Waals surface area contributed by atoms with Crippen molar-refractivity contribution < 1.29 is 0 Å². The summed E-state index contributed by atoms with van der Waals surface area (Å²) in [6.45, 7) is 4.18. The Hall–Kier alpha value is -1.42. The number of benzene rings is 1. The molecule has 0 unspecified atom stereocenters. The van der Waals surface area contributed by atoms with Crippen molar-refractivity contribution in [2.24, 2.45) is 0 Å². The summed E-state index contributed by atoms with van der Waals surface area (Å²) in [4.78, 5) is 8.86. The zero-order valence-electron chi connectivity index (χ0n) is 10.6. The molecule has 18 heavy (non-hydrogen) atoms. The van der Waals surface area contributed by atoms with Crippen LogP contribution in [0.15, 0.2) is 28.7 Å². The van der Waals surface area contributed by atoms with E-state index in [4.69, 9.17) is 5.73 Å². The fraction of sp³-hybridized carbons (Fsp3) is 0.286. The van der Waals surface area contributed by atoms with E-state index in [1.165, 1.54) is 5.56 Å². The molecule has 0 spiro atoms. The Bertz CT molecular complexity index is 567. The minimum absolute atomic E-state index is 0.528. The summed E-state index contributed by atoms with van der Waals surface area (Å²) >= 11 is 3.52. The second-order valence-electron chi connectivity index (χ2n) is 4.32. The van der Waals surface area contributed by atoms with Crippen LogP contribution in [-0.4, -0.2) is 9.97 Å². The number of nitrogen functional groups attached to an aromatic ring is 1.